The maximum Gasteiger partial charge on any atom is 0.257 e. The van der Waals surface area contributed by atoms with E-state index in [1.807, 2.05) is 13.0 Å². The van der Waals surface area contributed by atoms with Gasteiger partial charge in [-0.15, -0.1) is 0 Å². The van der Waals surface area contributed by atoms with Crippen molar-refractivity contribution >= 4 is 11.6 Å². The van der Waals surface area contributed by atoms with Crippen LogP contribution in [-0.2, 0) is 0 Å². The van der Waals surface area contributed by atoms with Crippen LogP contribution in [-0.4, -0.2) is 16.1 Å². The minimum Gasteiger partial charge on any atom is -0.321 e. The highest BCUT2D eigenvalue weighted by atomic mass is 16.1. The highest BCUT2D eigenvalue weighted by molar-refractivity contribution is 6.05. The maximum absolute atomic E-state index is 12.3. The molecule has 1 amide bonds. The number of amides is 1. The van der Waals surface area contributed by atoms with Gasteiger partial charge in [0.1, 0.15) is 6.07 Å². The highest BCUT2D eigenvalue weighted by Crippen LogP contribution is 2.19. The fourth-order valence-corrected chi connectivity index (χ4v) is 1.89. The normalized spacial score (nSPS) is 9.90. The Bertz CT molecular complexity index is 716. The Morgan fingerprint density at radius 2 is 2.00 bits per heavy atom. The van der Waals surface area contributed by atoms with Gasteiger partial charge in [-0.1, -0.05) is 12.1 Å². The molecule has 0 saturated heterocycles. The summed E-state index contributed by atoms with van der Waals surface area (Å²) < 4.78 is 0. The lowest BCUT2D eigenvalue weighted by molar-refractivity contribution is 0.102. The van der Waals surface area contributed by atoms with Crippen molar-refractivity contribution < 1.29 is 4.79 Å². The Balaban J connectivity index is 2.36. The second kappa shape index (κ2) is 5.49. The minimum atomic E-state index is -0.289. The number of benzene rings is 1. The summed E-state index contributed by atoms with van der Waals surface area (Å²) in [5.74, 6) is -0.289. The Morgan fingerprint density at radius 1 is 1.25 bits per heavy atom. The number of aromatic nitrogens is 2. The number of carbonyl (C=O) groups is 1. The van der Waals surface area contributed by atoms with Gasteiger partial charge in [-0.05, 0) is 38.5 Å². The first-order chi connectivity index (χ1) is 9.52. The first-order valence-corrected chi connectivity index (χ1v) is 6.15. The summed E-state index contributed by atoms with van der Waals surface area (Å²) in [6, 6.07) is 9.12. The third-order valence-electron chi connectivity index (χ3n) is 2.98. The average Bonchev–Trinajstić information content (AvgIpc) is 2.41. The van der Waals surface area contributed by atoms with Gasteiger partial charge in [0.05, 0.1) is 28.2 Å². The lowest BCUT2D eigenvalue weighted by Gasteiger charge is -2.10. The molecule has 0 spiro atoms. The molecule has 0 aliphatic rings. The summed E-state index contributed by atoms with van der Waals surface area (Å²) in [6.45, 7) is 5.33. The number of aryl methyl sites for hydroxylation is 3. The van der Waals surface area contributed by atoms with Crippen molar-refractivity contribution in [2.24, 2.45) is 0 Å². The van der Waals surface area contributed by atoms with Gasteiger partial charge in [0.15, 0.2) is 0 Å². The number of nitrogens with one attached hydrogen (secondary N) is 1. The predicted octanol–water partition coefficient (Wildman–Crippen LogP) is 2.53. The Kier molecular flexibility index (Phi) is 3.76. The van der Waals surface area contributed by atoms with Crippen LogP contribution in [0, 0.1) is 32.1 Å². The first-order valence-electron chi connectivity index (χ1n) is 6.15. The van der Waals surface area contributed by atoms with Crippen molar-refractivity contribution in [2.75, 3.05) is 5.32 Å². The molecule has 0 bridgehead atoms. The Labute approximate surface area is 117 Å². The van der Waals surface area contributed by atoms with Crippen LogP contribution in [0.1, 0.15) is 32.9 Å². The van der Waals surface area contributed by atoms with E-state index in [1.165, 1.54) is 0 Å². The van der Waals surface area contributed by atoms with Gasteiger partial charge in [0, 0.05) is 0 Å². The van der Waals surface area contributed by atoms with Gasteiger partial charge in [0.25, 0.3) is 5.91 Å². The van der Waals surface area contributed by atoms with Crippen molar-refractivity contribution in [3.63, 3.8) is 0 Å². The van der Waals surface area contributed by atoms with Crippen molar-refractivity contribution in [1.29, 1.82) is 5.26 Å². The van der Waals surface area contributed by atoms with Crippen molar-refractivity contribution in [3.05, 3.63) is 52.3 Å². The third kappa shape index (κ3) is 2.64. The van der Waals surface area contributed by atoms with Crippen molar-refractivity contribution in [1.82, 2.24) is 10.2 Å². The zero-order chi connectivity index (χ0) is 14.7. The van der Waals surface area contributed by atoms with E-state index in [4.69, 9.17) is 5.26 Å². The summed E-state index contributed by atoms with van der Waals surface area (Å²) in [5, 5.41) is 19.7. The Hall–Kier alpha value is -2.74. The molecule has 1 heterocycles. The van der Waals surface area contributed by atoms with Gasteiger partial charge >= 0.3 is 0 Å². The summed E-state index contributed by atoms with van der Waals surface area (Å²) in [4.78, 5) is 12.3. The van der Waals surface area contributed by atoms with E-state index in [0.29, 0.717) is 28.2 Å². The molecule has 0 unspecified atom stereocenters. The van der Waals surface area contributed by atoms with Crippen LogP contribution in [0.5, 0.6) is 0 Å². The fourth-order valence-electron chi connectivity index (χ4n) is 1.89. The van der Waals surface area contributed by atoms with E-state index in [-0.39, 0.29) is 5.91 Å². The lowest BCUT2D eigenvalue weighted by Crippen LogP contribution is -2.16. The fraction of sp³-hybridized carbons (Fsp3) is 0.200. The number of anilines is 1. The molecule has 0 fully saturated rings. The molecule has 0 radical (unpaired) electrons. The van der Waals surface area contributed by atoms with Gasteiger partial charge in [-0.2, -0.15) is 15.5 Å². The zero-order valence-corrected chi connectivity index (χ0v) is 11.6. The summed E-state index contributed by atoms with van der Waals surface area (Å²) in [6.07, 6.45) is 0. The molecule has 2 aromatic rings. The molecule has 1 aromatic carbocycles. The average molecular weight is 266 g/mol. The topological polar surface area (TPSA) is 78.7 Å². The van der Waals surface area contributed by atoms with Gasteiger partial charge in [0.2, 0.25) is 0 Å². The van der Waals surface area contributed by atoms with E-state index in [0.717, 1.165) is 5.56 Å². The molecule has 0 aliphatic carbocycles. The molecule has 0 saturated carbocycles. The van der Waals surface area contributed by atoms with E-state index in [9.17, 15) is 4.79 Å². The van der Waals surface area contributed by atoms with Gasteiger partial charge < -0.3 is 5.32 Å². The predicted molar refractivity (Wildman–Crippen MR) is 75.4 cm³/mol. The number of nitriles is 1. The number of nitrogens with zero attached hydrogens (tertiary/aromatic N) is 3. The van der Waals surface area contributed by atoms with E-state index < -0.39 is 0 Å². The number of hydrogen-bond donors (Lipinski definition) is 1. The molecule has 2 rings (SSSR count). The molecular weight excluding hydrogens is 252 g/mol. The molecule has 1 aromatic heterocycles. The third-order valence-corrected chi connectivity index (χ3v) is 2.98. The number of carbonyl (C=O) groups excluding carboxylic acids is 1. The highest BCUT2D eigenvalue weighted by Gasteiger charge is 2.14. The molecular formula is C15H14N4O. The number of hydrogen-bond acceptors (Lipinski definition) is 4. The number of rotatable bonds is 2. The molecule has 0 aliphatic heterocycles. The van der Waals surface area contributed by atoms with Crippen LogP contribution >= 0.6 is 0 Å². The van der Waals surface area contributed by atoms with Crippen molar-refractivity contribution in [2.45, 2.75) is 20.8 Å². The van der Waals surface area contributed by atoms with E-state index in [1.54, 1.807) is 32.0 Å². The molecule has 0 atom stereocenters. The summed E-state index contributed by atoms with van der Waals surface area (Å²) in [7, 11) is 0. The smallest absolute Gasteiger partial charge is 0.257 e. The van der Waals surface area contributed by atoms with E-state index >= 15 is 0 Å². The standard InChI is InChI=1S/C15H14N4O/c1-9-5-4-6-14(13(9)8-16)17-15(20)12-7-10(2)18-19-11(12)3/h4-7H,1-3H3,(H,17,20). The second-order valence-corrected chi connectivity index (χ2v) is 4.55. The molecule has 1 N–H and O–H groups in total. The summed E-state index contributed by atoms with van der Waals surface area (Å²) >= 11 is 0. The van der Waals surface area contributed by atoms with Gasteiger partial charge in [-0.3, -0.25) is 4.79 Å². The lowest BCUT2D eigenvalue weighted by atomic mass is 10.1. The van der Waals surface area contributed by atoms with Gasteiger partial charge in [-0.25, -0.2) is 0 Å². The first kappa shape index (κ1) is 13.7. The van der Waals surface area contributed by atoms with Crippen LogP contribution in [0.3, 0.4) is 0 Å². The largest absolute Gasteiger partial charge is 0.321 e. The SMILES string of the molecule is Cc1cc(C(=O)Nc2cccc(C)c2C#N)c(C)nn1. The zero-order valence-electron chi connectivity index (χ0n) is 11.6. The molecule has 100 valence electrons. The molecule has 5 heteroatoms. The van der Waals surface area contributed by atoms with Crippen LogP contribution < -0.4 is 5.32 Å². The molecule has 20 heavy (non-hydrogen) atoms. The van der Waals surface area contributed by atoms with Crippen LogP contribution in [0.15, 0.2) is 24.3 Å². The quantitative estimate of drug-likeness (QED) is 0.905. The van der Waals surface area contributed by atoms with Crippen molar-refractivity contribution in [3.8, 4) is 6.07 Å². The monoisotopic (exact) mass is 266 g/mol. The van der Waals surface area contributed by atoms with E-state index in [2.05, 4.69) is 21.6 Å². The van der Waals surface area contributed by atoms with Crippen LogP contribution in [0.4, 0.5) is 5.69 Å². The maximum atomic E-state index is 12.3. The Morgan fingerprint density at radius 3 is 2.70 bits per heavy atom. The van der Waals surface area contributed by atoms with Crippen LogP contribution in [0.2, 0.25) is 0 Å². The second-order valence-electron chi connectivity index (χ2n) is 4.55. The molecule has 5 nitrogen and oxygen atoms in total. The summed E-state index contributed by atoms with van der Waals surface area (Å²) in [5.41, 5.74) is 3.49. The van der Waals surface area contributed by atoms with Crippen LogP contribution in [0.25, 0.3) is 0 Å². The minimum absolute atomic E-state index is 0.289.